The molecule has 2 rings (SSSR count). The standard InChI is InChI=1S/C14H14N4O3/c15-9-10-4-1-2-7-13(10)17-14(19)16-11-5-3-6-12(8-11)18(20)21/h1-8H,9,15H2,(H2,16,17,19). The molecule has 0 aliphatic rings. The zero-order valence-electron chi connectivity index (χ0n) is 11.1. The van der Waals surface area contributed by atoms with E-state index in [1.807, 2.05) is 12.1 Å². The van der Waals surface area contributed by atoms with Crippen LogP contribution < -0.4 is 16.4 Å². The number of nitrogens with zero attached hydrogens (tertiary/aromatic N) is 1. The van der Waals surface area contributed by atoms with Crippen molar-refractivity contribution in [1.29, 1.82) is 0 Å². The molecule has 0 saturated carbocycles. The van der Waals surface area contributed by atoms with Crippen molar-refractivity contribution in [3.05, 3.63) is 64.2 Å². The Morgan fingerprint density at radius 1 is 1.14 bits per heavy atom. The number of nitro benzene ring substituents is 1. The van der Waals surface area contributed by atoms with Crippen LogP contribution in [-0.2, 0) is 6.54 Å². The minimum atomic E-state index is -0.521. The van der Waals surface area contributed by atoms with Gasteiger partial charge in [0.1, 0.15) is 0 Å². The molecule has 0 heterocycles. The molecule has 0 aliphatic heterocycles. The molecule has 7 nitrogen and oxygen atoms in total. The largest absolute Gasteiger partial charge is 0.326 e. The molecule has 0 aliphatic carbocycles. The van der Waals surface area contributed by atoms with Crippen LogP contribution in [0, 0.1) is 10.1 Å². The first-order chi connectivity index (χ1) is 10.1. The summed E-state index contributed by atoms with van der Waals surface area (Å²) in [6.07, 6.45) is 0. The third-order valence-electron chi connectivity index (χ3n) is 2.80. The first kappa shape index (κ1) is 14.5. The highest BCUT2D eigenvalue weighted by Gasteiger charge is 2.09. The Morgan fingerprint density at radius 3 is 2.62 bits per heavy atom. The predicted octanol–water partition coefficient (Wildman–Crippen LogP) is 2.70. The minimum Gasteiger partial charge on any atom is -0.326 e. The molecule has 7 heteroatoms. The average molecular weight is 286 g/mol. The summed E-state index contributed by atoms with van der Waals surface area (Å²) >= 11 is 0. The molecule has 2 aromatic carbocycles. The second kappa shape index (κ2) is 6.49. The van der Waals surface area contributed by atoms with Gasteiger partial charge in [-0.15, -0.1) is 0 Å². The molecule has 0 radical (unpaired) electrons. The number of carbonyl (C=O) groups excluding carboxylic acids is 1. The number of urea groups is 1. The van der Waals surface area contributed by atoms with Gasteiger partial charge in [0.2, 0.25) is 0 Å². The lowest BCUT2D eigenvalue weighted by Crippen LogP contribution is -2.20. The van der Waals surface area contributed by atoms with Gasteiger partial charge in [-0.1, -0.05) is 24.3 Å². The summed E-state index contributed by atoms with van der Waals surface area (Å²) in [5, 5.41) is 15.9. The van der Waals surface area contributed by atoms with Gasteiger partial charge in [0, 0.05) is 30.1 Å². The van der Waals surface area contributed by atoms with Gasteiger partial charge in [-0.25, -0.2) is 4.79 Å². The third-order valence-corrected chi connectivity index (χ3v) is 2.80. The lowest BCUT2D eigenvalue weighted by Gasteiger charge is -2.10. The van der Waals surface area contributed by atoms with E-state index in [1.165, 1.54) is 18.2 Å². The van der Waals surface area contributed by atoms with Gasteiger partial charge in [0.05, 0.1) is 4.92 Å². The van der Waals surface area contributed by atoms with Crippen LogP contribution in [0.5, 0.6) is 0 Å². The van der Waals surface area contributed by atoms with Crippen LogP contribution in [0.2, 0.25) is 0 Å². The third kappa shape index (κ3) is 3.77. The van der Waals surface area contributed by atoms with E-state index in [0.717, 1.165) is 5.56 Å². The highest BCUT2D eigenvalue weighted by atomic mass is 16.6. The van der Waals surface area contributed by atoms with Crippen molar-refractivity contribution in [3.8, 4) is 0 Å². The number of para-hydroxylation sites is 1. The molecule has 0 atom stereocenters. The van der Waals surface area contributed by atoms with Crippen molar-refractivity contribution >= 4 is 23.1 Å². The molecule has 108 valence electrons. The van der Waals surface area contributed by atoms with E-state index in [2.05, 4.69) is 10.6 Å². The number of carbonyl (C=O) groups is 1. The number of non-ortho nitro benzene ring substituents is 1. The molecule has 0 spiro atoms. The van der Waals surface area contributed by atoms with Gasteiger partial charge < -0.3 is 16.4 Å². The normalized spacial score (nSPS) is 9.95. The second-order valence-corrected chi connectivity index (χ2v) is 4.25. The molecular formula is C14H14N4O3. The lowest BCUT2D eigenvalue weighted by atomic mass is 10.2. The summed E-state index contributed by atoms with van der Waals surface area (Å²) in [7, 11) is 0. The smallest absolute Gasteiger partial charge is 0.323 e. The number of nitrogens with two attached hydrogens (primary N) is 1. The molecule has 2 amide bonds. The fourth-order valence-corrected chi connectivity index (χ4v) is 1.80. The molecule has 21 heavy (non-hydrogen) atoms. The minimum absolute atomic E-state index is 0.0878. The Balaban J connectivity index is 2.08. The lowest BCUT2D eigenvalue weighted by molar-refractivity contribution is -0.384. The zero-order valence-corrected chi connectivity index (χ0v) is 11.1. The molecule has 0 aromatic heterocycles. The van der Waals surface area contributed by atoms with Crippen LogP contribution in [0.1, 0.15) is 5.56 Å². The fraction of sp³-hybridized carbons (Fsp3) is 0.0714. The highest BCUT2D eigenvalue weighted by Crippen LogP contribution is 2.18. The first-order valence-electron chi connectivity index (χ1n) is 6.20. The monoisotopic (exact) mass is 286 g/mol. The Hall–Kier alpha value is -2.93. The maximum Gasteiger partial charge on any atom is 0.323 e. The number of amides is 2. The van der Waals surface area contributed by atoms with Crippen molar-refractivity contribution in [3.63, 3.8) is 0 Å². The maximum atomic E-state index is 11.9. The van der Waals surface area contributed by atoms with Crippen LogP contribution >= 0.6 is 0 Å². The Bertz CT molecular complexity index is 673. The Kier molecular flexibility index (Phi) is 4.47. The molecule has 0 fully saturated rings. The van der Waals surface area contributed by atoms with Gasteiger partial charge in [0.15, 0.2) is 0 Å². The molecular weight excluding hydrogens is 272 g/mol. The van der Waals surface area contributed by atoms with Crippen LogP contribution in [0.15, 0.2) is 48.5 Å². The maximum absolute atomic E-state index is 11.9. The summed E-state index contributed by atoms with van der Waals surface area (Å²) in [5.41, 5.74) is 7.24. The van der Waals surface area contributed by atoms with Gasteiger partial charge >= 0.3 is 6.03 Å². The summed E-state index contributed by atoms with van der Waals surface area (Å²) in [6.45, 7) is 0.299. The van der Waals surface area contributed by atoms with E-state index in [9.17, 15) is 14.9 Å². The van der Waals surface area contributed by atoms with Crippen LogP contribution in [0.25, 0.3) is 0 Å². The Labute approximate surface area is 120 Å². The van der Waals surface area contributed by atoms with Crippen molar-refractivity contribution in [1.82, 2.24) is 0 Å². The first-order valence-corrected chi connectivity index (χ1v) is 6.20. The molecule has 4 N–H and O–H groups in total. The van der Waals surface area contributed by atoms with Crippen molar-refractivity contribution in [2.24, 2.45) is 5.73 Å². The van der Waals surface area contributed by atoms with Gasteiger partial charge in [-0.2, -0.15) is 0 Å². The summed E-state index contributed by atoms with van der Waals surface area (Å²) in [6, 6.07) is 12.4. The van der Waals surface area contributed by atoms with Crippen LogP contribution in [-0.4, -0.2) is 11.0 Å². The number of rotatable bonds is 4. The second-order valence-electron chi connectivity index (χ2n) is 4.25. The van der Waals surface area contributed by atoms with E-state index in [-0.39, 0.29) is 5.69 Å². The topological polar surface area (TPSA) is 110 Å². The van der Waals surface area contributed by atoms with E-state index < -0.39 is 11.0 Å². The van der Waals surface area contributed by atoms with Crippen molar-refractivity contribution in [2.45, 2.75) is 6.54 Å². The van der Waals surface area contributed by atoms with Gasteiger partial charge in [-0.05, 0) is 17.7 Å². The Morgan fingerprint density at radius 2 is 1.90 bits per heavy atom. The fourth-order valence-electron chi connectivity index (χ4n) is 1.80. The van der Waals surface area contributed by atoms with E-state index in [4.69, 9.17) is 5.73 Å². The van der Waals surface area contributed by atoms with Crippen molar-refractivity contribution < 1.29 is 9.72 Å². The van der Waals surface area contributed by atoms with Crippen LogP contribution in [0.3, 0.4) is 0 Å². The number of benzene rings is 2. The van der Waals surface area contributed by atoms with Crippen LogP contribution in [0.4, 0.5) is 21.9 Å². The molecule has 2 aromatic rings. The van der Waals surface area contributed by atoms with E-state index in [0.29, 0.717) is 17.9 Å². The zero-order chi connectivity index (χ0) is 15.2. The van der Waals surface area contributed by atoms with Gasteiger partial charge in [0.25, 0.3) is 5.69 Å². The summed E-state index contributed by atoms with van der Waals surface area (Å²) < 4.78 is 0. The number of hydrogen-bond donors (Lipinski definition) is 3. The summed E-state index contributed by atoms with van der Waals surface area (Å²) in [4.78, 5) is 22.1. The summed E-state index contributed by atoms with van der Waals surface area (Å²) in [5.74, 6) is 0. The quantitative estimate of drug-likeness (QED) is 0.592. The molecule has 0 bridgehead atoms. The van der Waals surface area contributed by atoms with E-state index in [1.54, 1.807) is 18.2 Å². The van der Waals surface area contributed by atoms with Gasteiger partial charge in [-0.3, -0.25) is 10.1 Å². The SMILES string of the molecule is NCc1ccccc1NC(=O)Nc1cccc([N+](=O)[O-])c1. The number of nitrogens with one attached hydrogen (secondary N) is 2. The number of anilines is 2. The van der Waals surface area contributed by atoms with E-state index >= 15 is 0 Å². The molecule has 0 unspecified atom stereocenters. The predicted molar refractivity (Wildman–Crippen MR) is 80.1 cm³/mol. The number of hydrogen-bond acceptors (Lipinski definition) is 4. The highest BCUT2D eigenvalue weighted by molar-refractivity contribution is 6.00. The van der Waals surface area contributed by atoms with Crippen molar-refractivity contribution in [2.75, 3.05) is 10.6 Å². The average Bonchev–Trinajstić information content (AvgIpc) is 2.48. The number of nitro groups is 1. The molecule has 0 saturated heterocycles.